The smallest absolute Gasteiger partial charge is 0.337 e. The molecule has 2 heterocycles. The van der Waals surface area contributed by atoms with Crippen LogP contribution in [0.15, 0.2) is 63.9 Å². The van der Waals surface area contributed by atoms with Crippen LogP contribution in [-0.4, -0.2) is 27.9 Å². The normalized spacial score (nSPS) is 14.9. The maximum Gasteiger partial charge on any atom is 0.337 e. The second kappa shape index (κ2) is 9.20. The lowest BCUT2D eigenvalue weighted by Crippen LogP contribution is -2.27. The third-order valence-electron chi connectivity index (χ3n) is 4.58. The van der Waals surface area contributed by atoms with Crippen molar-refractivity contribution in [2.24, 2.45) is 0 Å². The fourth-order valence-corrected chi connectivity index (χ4v) is 4.58. The van der Waals surface area contributed by atoms with E-state index in [0.717, 1.165) is 0 Å². The minimum atomic E-state index is -1.12. The lowest BCUT2D eigenvalue weighted by Gasteiger charge is -2.15. The largest absolute Gasteiger partial charge is 0.494 e. The number of rotatable bonds is 6. The standard InChI is InChI=1S/C23H16ClNO5S2/c1-2-29-15-6-4-14(5-7-15)25-21(26)20(32-23(25)31)12-16-8-10-19(30-16)13-3-9-18(24)17(11-13)22(27)28/h3-12H,2H2,1H3,(H,27,28)/b20-12+. The Hall–Kier alpha value is -3.07. The summed E-state index contributed by atoms with van der Waals surface area (Å²) in [5.74, 6) is 0.244. The van der Waals surface area contributed by atoms with Crippen molar-refractivity contribution in [3.63, 3.8) is 0 Å². The number of aromatic carboxylic acids is 1. The van der Waals surface area contributed by atoms with Gasteiger partial charge in [-0.25, -0.2) is 4.79 Å². The molecule has 6 nitrogen and oxygen atoms in total. The third kappa shape index (κ3) is 4.43. The van der Waals surface area contributed by atoms with Crippen LogP contribution in [0.25, 0.3) is 17.4 Å². The number of hydrogen-bond donors (Lipinski definition) is 1. The summed E-state index contributed by atoms with van der Waals surface area (Å²) in [7, 11) is 0. The van der Waals surface area contributed by atoms with Gasteiger partial charge in [0.05, 0.1) is 27.8 Å². The number of furan rings is 1. The van der Waals surface area contributed by atoms with Crippen LogP contribution in [0.2, 0.25) is 5.02 Å². The fourth-order valence-electron chi connectivity index (χ4n) is 3.11. The molecule has 1 aliphatic rings. The molecule has 0 atom stereocenters. The Kier molecular flexibility index (Phi) is 6.36. The predicted octanol–water partition coefficient (Wildman–Crippen LogP) is 6.10. The van der Waals surface area contributed by atoms with Gasteiger partial charge in [-0.15, -0.1) is 0 Å². The van der Waals surface area contributed by atoms with Gasteiger partial charge in [-0.3, -0.25) is 9.69 Å². The quantitative estimate of drug-likeness (QED) is 0.333. The van der Waals surface area contributed by atoms with E-state index in [1.807, 2.05) is 6.92 Å². The van der Waals surface area contributed by atoms with Gasteiger partial charge in [-0.1, -0.05) is 35.6 Å². The zero-order chi connectivity index (χ0) is 22.8. The van der Waals surface area contributed by atoms with Crippen LogP contribution in [0.4, 0.5) is 5.69 Å². The highest BCUT2D eigenvalue weighted by Crippen LogP contribution is 2.37. The van der Waals surface area contributed by atoms with Crippen molar-refractivity contribution >= 4 is 63.5 Å². The fraction of sp³-hybridized carbons (Fsp3) is 0.0870. The minimum absolute atomic E-state index is 0.0154. The van der Waals surface area contributed by atoms with Gasteiger partial charge in [0.25, 0.3) is 5.91 Å². The van der Waals surface area contributed by atoms with E-state index in [-0.39, 0.29) is 16.5 Å². The van der Waals surface area contributed by atoms with Crippen molar-refractivity contribution in [1.82, 2.24) is 0 Å². The maximum absolute atomic E-state index is 13.0. The first-order valence-corrected chi connectivity index (χ1v) is 11.1. The first kappa shape index (κ1) is 22.1. The molecule has 1 fully saturated rings. The summed E-state index contributed by atoms with van der Waals surface area (Å²) in [5.41, 5.74) is 1.20. The number of nitrogens with zero attached hydrogens (tertiary/aromatic N) is 1. The van der Waals surface area contributed by atoms with Crippen molar-refractivity contribution in [1.29, 1.82) is 0 Å². The van der Waals surface area contributed by atoms with Crippen molar-refractivity contribution in [3.05, 3.63) is 75.8 Å². The molecular formula is C23H16ClNO5S2. The van der Waals surface area contributed by atoms with E-state index in [1.54, 1.807) is 48.5 Å². The highest BCUT2D eigenvalue weighted by molar-refractivity contribution is 8.27. The molecule has 0 bridgehead atoms. The van der Waals surface area contributed by atoms with E-state index in [4.69, 9.17) is 33.0 Å². The molecule has 0 saturated carbocycles. The summed E-state index contributed by atoms with van der Waals surface area (Å²) in [6.07, 6.45) is 1.62. The summed E-state index contributed by atoms with van der Waals surface area (Å²) in [6, 6.07) is 15.2. The Morgan fingerprint density at radius 1 is 1.22 bits per heavy atom. The lowest BCUT2D eigenvalue weighted by atomic mass is 10.1. The molecule has 3 aromatic rings. The van der Waals surface area contributed by atoms with Crippen molar-refractivity contribution in [2.75, 3.05) is 11.5 Å². The number of ether oxygens (including phenoxy) is 1. The summed E-state index contributed by atoms with van der Waals surface area (Å²) < 4.78 is 11.7. The van der Waals surface area contributed by atoms with Gasteiger partial charge in [-0.05, 0) is 61.5 Å². The van der Waals surface area contributed by atoms with E-state index in [9.17, 15) is 14.7 Å². The highest BCUT2D eigenvalue weighted by Gasteiger charge is 2.33. The second-order valence-electron chi connectivity index (χ2n) is 6.65. The van der Waals surface area contributed by atoms with Crippen LogP contribution in [0.3, 0.4) is 0 Å². The molecule has 0 radical (unpaired) electrons. The summed E-state index contributed by atoms with van der Waals surface area (Å²) in [6.45, 7) is 2.46. The Labute approximate surface area is 198 Å². The Balaban J connectivity index is 1.57. The number of benzene rings is 2. The Morgan fingerprint density at radius 2 is 1.97 bits per heavy atom. The molecule has 1 N–H and O–H groups in total. The monoisotopic (exact) mass is 485 g/mol. The number of thiocarbonyl (C=S) groups is 1. The molecule has 1 saturated heterocycles. The van der Waals surface area contributed by atoms with Gasteiger partial charge in [0.15, 0.2) is 4.32 Å². The number of hydrogen-bond acceptors (Lipinski definition) is 6. The average molecular weight is 486 g/mol. The van der Waals surface area contributed by atoms with Gasteiger partial charge in [0.1, 0.15) is 17.3 Å². The molecule has 1 aliphatic heterocycles. The second-order valence-corrected chi connectivity index (χ2v) is 8.73. The SMILES string of the molecule is CCOc1ccc(N2C(=O)/C(=C\c3ccc(-c4ccc(Cl)c(C(=O)O)c4)o3)SC2=S)cc1. The molecule has 1 amide bonds. The number of anilines is 1. The van der Waals surface area contributed by atoms with E-state index in [0.29, 0.717) is 44.4 Å². The van der Waals surface area contributed by atoms with Crippen molar-refractivity contribution in [3.8, 4) is 17.1 Å². The number of carbonyl (C=O) groups is 2. The molecule has 2 aromatic carbocycles. The van der Waals surface area contributed by atoms with Crippen LogP contribution in [0.5, 0.6) is 5.75 Å². The first-order chi connectivity index (χ1) is 15.4. The molecule has 162 valence electrons. The molecular weight excluding hydrogens is 470 g/mol. The molecule has 0 unspecified atom stereocenters. The van der Waals surface area contributed by atoms with E-state index in [1.165, 1.54) is 28.8 Å². The number of amides is 1. The summed E-state index contributed by atoms with van der Waals surface area (Å²) >= 11 is 12.5. The summed E-state index contributed by atoms with van der Waals surface area (Å²) in [5, 5.41) is 9.40. The molecule has 4 rings (SSSR count). The zero-order valence-electron chi connectivity index (χ0n) is 16.7. The maximum atomic E-state index is 13.0. The van der Waals surface area contributed by atoms with Crippen LogP contribution >= 0.6 is 35.6 Å². The topological polar surface area (TPSA) is 80.0 Å². The van der Waals surface area contributed by atoms with Crippen LogP contribution in [-0.2, 0) is 4.79 Å². The Morgan fingerprint density at radius 3 is 2.66 bits per heavy atom. The average Bonchev–Trinajstić information content (AvgIpc) is 3.34. The van der Waals surface area contributed by atoms with Crippen molar-refractivity contribution in [2.45, 2.75) is 6.92 Å². The molecule has 32 heavy (non-hydrogen) atoms. The van der Waals surface area contributed by atoms with Gasteiger partial charge in [0.2, 0.25) is 0 Å². The predicted molar refractivity (Wildman–Crippen MR) is 129 cm³/mol. The number of thioether (sulfide) groups is 1. The minimum Gasteiger partial charge on any atom is -0.494 e. The van der Waals surface area contributed by atoms with Crippen LogP contribution < -0.4 is 9.64 Å². The van der Waals surface area contributed by atoms with Gasteiger partial charge in [-0.2, -0.15) is 0 Å². The van der Waals surface area contributed by atoms with Crippen molar-refractivity contribution < 1.29 is 23.8 Å². The van der Waals surface area contributed by atoms with E-state index < -0.39 is 5.97 Å². The van der Waals surface area contributed by atoms with Gasteiger partial charge < -0.3 is 14.3 Å². The van der Waals surface area contributed by atoms with Gasteiger partial charge >= 0.3 is 5.97 Å². The van der Waals surface area contributed by atoms with Gasteiger partial charge in [0, 0.05) is 11.6 Å². The molecule has 0 spiro atoms. The molecule has 1 aromatic heterocycles. The number of carboxylic acid groups (broad SMARTS) is 1. The third-order valence-corrected chi connectivity index (χ3v) is 6.21. The molecule has 9 heteroatoms. The van der Waals surface area contributed by atoms with Crippen LogP contribution in [0, 0.1) is 0 Å². The van der Waals surface area contributed by atoms with E-state index >= 15 is 0 Å². The number of halogens is 1. The zero-order valence-corrected chi connectivity index (χ0v) is 19.1. The highest BCUT2D eigenvalue weighted by atomic mass is 35.5. The Bertz CT molecular complexity index is 1250. The molecule has 0 aliphatic carbocycles. The number of carbonyl (C=O) groups excluding carboxylic acids is 1. The lowest BCUT2D eigenvalue weighted by molar-refractivity contribution is -0.113. The van der Waals surface area contributed by atoms with Crippen LogP contribution in [0.1, 0.15) is 23.0 Å². The first-order valence-electron chi connectivity index (χ1n) is 9.51. The number of carboxylic acids is 1. The summed E-state index contributed by atoms with van der Waals surface area (Å²) in [4.78, 5) is 26.2. The van der Waals surface area contributed by atoms with E-state index in [2.05, 4.69) is 0 Å².